The van der Waals surface area contributed by atoms with Crippen LogP contribution in [0.3, 0.4) is 0 Å². The summed E-state index contributed by atoms with van der Waals surface area (Å²) >= 11 is 7.31. The third-order valence-corrected chi connectivity index (χ3v) is 7.18. The number of imidazole rings is 1. The Bertz CT molecular complexity index is 839. The molecule has 0 amide bonds. The first kappa shape index (κ1) is 15.1. The Morgan fingerprint density at radius 2 is 2.14 bits per heavy atom. The molecule has 0 aliphatic heterocycles. The van der Waals surface area contributed by atoms with E-state index in [9.17, 15) is 8.42 Å². The number of fused-ring (bicyclic) bond motifs is 1. The van der Waals surface area contributed by atoms with Gasteiger partial charge in [0.1, 0.15) is 0 Å². The van der Waals surface area contributed by atoms with Crippen LogP contribution in [0.1, 0.15) is 19.3 Å². The van der Waals surface area contributed by atoms with Crippen LogP contribution in [-0.4, -0.2) is 35.2 Å². The van der Waals surface area contributed by atoms with E-state index in [-0.39, 0.29) is 4.75 Å². The Balaban J connectivity index is 2.17. The van der Waals surface area contributed by atoms with Gasteiger partial charge in [-0.2, -0.15) is 11.8 Å². The van der Waals surface area contributed by atoms with Crippen molar-refractivity contribution in [1.82, 2.24) is 9.55 Å². The molecule has 1 aliphatic carbocycles. The van der Waals surface area contributed by atoms with Crippen LogP contribution >= 0.6 is 24.0 Å². The number of para-hydroxylation sites is 1. The molecule has 7 heteroatoms. The SMILES string of the molecule is CSC1(Cn2c(=S)[nH]c3c(S(C)(=O)=O)cccc32)CCC1. The van der Waals surface area contributed by atoms with Gasteiger partial charge in [0, 0.05) is 17.5 Å². The van der Waals surface area contributed by atoms with Gasteiger partial charge in [-0.3, -0.25) is 0 Å². The largest absolute Gasteiger partial charge is 0.329 e. The van der Waals surface area contributed by atoms with E-state index in [0.717, 1.165) is 12.1 Å². The molecule has 0 bridgehead atoms. The van der Waals surface area contributed by atoms with Gasteiger partial charge >= 0.3 is 0 Å². The molecule has 0 unspecified atom stereocenters. The second-order valence-electron chi connectivity index (χ2n) is 5.68. The number of benzene rings is 1. The number of H-pyrrole nitrogens is 1. The molecule has 2 aromatic rings. The third kappa shape index (κ3) is 2.55. The normalized spacial score (nSPS) is 17.8. The molecule has 1 heterocycles. The molecule has 0 radical (unpaired) electrons. The zero-order valence-electron chi connectivity index (χ0n) is 12.0. The summed E-state index contributed by atoms with van der Waals surface area (Å²) < 4.78 is 26.7. The Kier molecular flexibility index (Phi) is 3.70. The van der Waals surface area contributed by atoms with Crippen molar-refractivity contribution in [3.8, 4) is 0 Å². The number of hydrogen-bond acceptors (Lipinski definition) is 4. The van der Waals surface area contributed by atoms with Crippen molar-refractivity contribution >= 4 is 44.9 Å². The van der Waals surface area contributed by atoms with Gasteiger partial charge in [0.15, 0.2) is 14.6 Å². The molecule has 1 aromatic heterocycles. The topological polar surface area (TPSA) is 54.9 Å². The Hall–Kier alpha value is -0.790. The number of aromatic nitrogens is 2. The minimum atomic E-state index is -3.27. The minimum Gasteiger partial charge on any atom is -0.329 e. The highest BCUT2D eigenvalue weighted by atomic mass is 32.2. The first-order chi connectivity index (χ1) is 9.86. The Morgan fingerprint density at radius 1 is 1.43 bits per heavy atom. The average molecular weight is 343 g/mol. The number of rotatable bonds is 4. The van der Waals surface area contributed by atoms with Crippen molar-refractivity contribution in [2.24, 2.45) is 0 Å². The summed E-state index contributed by atoms with van der Waals surface area (Å²) in [6.07, 6.45) is 7.00. The molecule has 3 rings (SSSR count). The summed E-state index contributed by atoms with van der Waals surface area (Å²) in [5, 5.41) is 0. The quantitative estimate of drug-likeness (QED) is 0.866. The van der Waals surface area contributed by atoms with Gasteiger partial charge in [-0.25, -0.2) is 8.42 Å². The Labute approximate surface area is 133 Å². The van der Waals surface area contributed by atoms with E-state index in [1.54, 1.807) is 12.1 Å². The summed E-state index contributed by atoms with van der Waals surface area (Å²) in [6.45, 7) is 0.834. The van der Waals surface area contributed by atoms with E-state index in [4.69, 9.17) is 12.2 Å². The van der Waals surface area contributed by atoms with E-state index in [2.05, 4.69) is 15.8 Å². The lowest BCUT2D eigenvalue weighted by molar-refractivity contribution is 0.323. The molecule has 1 aliphatic rings. The van der Waals surface area contributed by atoms with Gasteiger partial charge in [0.2, 0.25) is 0 Å². The van der Waals surface area contributed by atoms with E-state index in [0.29, 0.717) is 15.2 Å². The lowest BCUT2D eigenvalue weighted by Crippen LogP contribution is -2.37. The fourth-order valence-electron chi connectivity index (χ4n) is 2.91. The highest BCUT2D eigenvalue weighted by Gasteiger charge is 2.37. The predicted molar refractivity (Wildman–Crippen MR) is 90.3 cm³/mol. The lowest BCUT2D eigenvalue weighted by Gasteiger charge is -2.40. The monoisotopic (exact) mass is 342 g/mol. The summed E-state index contributed by atoms with van der Waals surface area (Å²) in [5.41, 5.74) is 1.50. The second kappa shape index (κ2) is 5.14. The average Bonchev–Trinajstić information content (AvgIpc) is 2.68. The van der Waals surface area contributed by atoms with Crippen LogP contribution in [0.2, 0.25) is 0 Å². The van der Waals surface area contributed by atoms with Crippen molar-refractivity contribution in [3.05, 3.63) is 23.0 Å². The number of hydrogen-bond donors (Lipinski definition) is 1. The maximum absolute atomic E-state index is 11.9. The van der Waals surface area contributed by atoms with Crippen LogP contribution in [0.15, 0.2) is 23.1 Å². The molecule has 1 saturated carbocycles. The number of thioether (sulfide) groups is 1. The first-order valence-corrected chi connectivity index (χ1v) is 10.4. The van der Waals surface area contributed by atoms with Crippen LogP contribution in [0.5, 0.6) is 0 Å². The van der Waals surface area contributed by atoms with Crippen molar-refractivity contribution in [2.75, 3.05) is 12.5 Å². The molecular formula is C14H18N2O2S3. The molecule has 0 atom stereocenters. The molecule has 1 aromatic carbocycles. The maximum atomic E-state index is 11.9. The first-order valence-electron chi connectivity index (χ1n) is 6.83. The van der Waals surface area contributed by atoms with Crippen molar-refractivity contribution in [1.29, 1.82) is 0 Å². The highest BCUT2D eigenvalue weighted by molar-refractivity contribution is 8.00. The van der Waals surface area contributed by atoms with Crippen molar-refractivity contribution in [3.63, 3.8) is 0 Å². The lowest BCUT2D eigenvalue weighted by atomic mass is 9.84. The fraction of sp³-hybridized carbons (Fsp3) is 0.500. The minimum absolute atomic E-state index is 0.244. The summed E-state index contributed by atoms with van der Waals surface area (Å²) in [6, 6.07) is 5.34. The summed E-state index contributed by atoms with van der Waals surface area (Å²) in [7, 11) is -3.27. The Morgan fingerprint density at radius 3 is 2.67 bits per heavy atom. The third-order valence-electron chi connectivity index (χ3n) is 4.32. The van der Waals surface area contributed by atoms with Gasteiger partial charge in [-0.1, -0.05) is 12.5 Å². The maximum Gasteiger partial charge on any atom is 0.178 e. The zero-order valence-corrected chi connectivity index (χ0v) is 14.5. The van der Waals surface area contributed by atoms with Gasteiger partial charge in [-0.05, 0) is 43.4 Å². The molecule has 0 spiro atoms. The van der Waals surface area contributed by atoms with Crippen LogP contribution in [-0.2, 0) is 16.4 Å². The number of sulfone groups is 1. The molecule has 1 fully saturated rings. The second-order valence-corrected chi connectivity index (χ2v) is 9.32. The van der Waals surface area contributed by atoms with E-state index >= 15 is 0 Å². The zero-order chi connectivity index (χ0) is 15.3. The van der Waals surface area contributed by atoms with Crippen LogP contribution < -0.4 is 0 Å². The molecule has 1 N–H and O–H groups in total. The van der Waals surface area contributed by atoms with Gasteiger partial charge in [0.25, 0.3) is 0 Å². The van der Waals surface area contributed by atoms with Crippen molar-refractivity contribution in [2.45, 2.75) is 35.4 Å². The van der Waals surface area contributed by atoms with E-state index in [1.807, 2.05) is 17.8 Å². The van der Waals surface area contributed by atoms with Gasteiger partial charge < -0.3 is 9.55 Å². The predicted octanol–water partition coefficient (Wildman–Crippen LogP) is 3.39. The smallest absolute Gasteiger partial charge is 0.178 e. The molecule has 4 nitrogen and oxygen atoms in total. The summed E-state index contributed by atoms with van der Waals surface area (Å²) in [4.78, 5) is 3.40. The van der Waals surface area contributed by atoms with E-state index < -0.39 is 9.84 Å². The van der Waals surface area contributed by atoms with Crippen molar-refractivity contribution < 1.29 is 8.42 Å². The standard InChI is InChI=1S/C14H18N2O2S3/c1-20-14(7-4-8-14)9-16-10-5-3-6-11(21(2,17)18)12(10)15-13(16)19/h3,5-6H,4,7-9H2,1-2H3,(H,15,19). The number of nitrogens with zero attached hydrogens (tertiary/aromatic N) is 1. The van der Waals surface area contributed by atoms with E-state index in [1.165, 1.54) is 25.5 Å². The number of aromatic amines is 1. The van der Waals surface area contributed by atoms with Gasteiger partial charge in [-0.15, -0.1) is 0 Å². The molecule has 114 valence electrons. The van der Waals surface area contributed by atoms with Gasteiger partial charge in [0.05, 0.1) is 15.9 Å². The highest BCUT2D eigenvalue weighted by Crippen LogP contribution is 2.44. The van der Waals surface area contributed by atoms with Crippen LogP contribution in [0, 0.1) is 4.77 Å². The van der Waals surface area contributed by atoms with Crippen LogP contribution in [0.4, 0.5) is 0 Å². The summed E-state index contributed by atoms with van der Waals surface area (Å²) in [5.74, 6) is 0. The molecule has 21 heavy (non-hydrogen) atoms. The molecule has 0 saturated heterocycles. The fourth-order valence-corrected chi connectivity index (χ4v) is 4.98. The van der Waals surface area contributed by atoms with Crippen LogP contribution in [0.25, 0.3) is 11.0 Å². The molecular weight excluding hydrogens is 324 g/mol. The number of nitrogens with one attached hydrogen (secondary N) is 1.